The molecule has 1 radical (unpaired) electrons. The van der Waals surface area contributed by atoms with Crippen LogP contribution in [-0.4, -0.2) is 26.2 Å². The molecule has 0 saturated carbocycles. The zero-order valence-corrected chi connectivity index (χ0v) is 16.8. The van der Waals surface area contributed by atoms with Crippen LogP contribution in [0.5, 0.6) is 0 Å². The Hall–Kier alpha value is -0.393. The van der Waals surface area contributed by atoms with Crippen molar-refractivity contribution in [1.82, 2.24) is 4.98 Å². The Morgan fingerprint density at radius 1 is 1.24 bits per heavy atom. The highest BCUT2D eigenvalue weighted by Crippen LogP contribution is 2.31. The minimum Gasteiger partial charge on any atom is -0.412 e. The third kappa shape index (κ3) is 6.08. The fourth-order valence-electron chi connectivity index (χ4n) is 2.32. The van der Waals surface area contributed by atoms with Gasteiger partial charge < -0.3 is 9.74 Å². The Morgan fingerprint density at radius 3 is 2.29 bits per heavy atom. The van der Waals surface area contributed by atoms with Crippen molar-refractivity contribution in [2.45, 2.75) is 59.9 Å². The van der Waals surface area contributed by atoms with Gasteiger partial charge in [-0.05, 0) is 46.4 Å². The Morgan fingerprint density at radius 2 is 1.86 bits per heavy atom. The first kappa shape index (κ1) is 18.7. The van der Waals surface area contributed by atoms with Gasteiger partial charge in [0.2, 0.25) is 9.04 Å². The second kappa shape index (κ2) is 7.74. The monoisotopic (exact) mass is 371 g/mol. The predicted molar refractivity (Wildman–Crippen MR) is 96.0 cm³/mol. The van der Waals surface area contributed by atoms with Crippen molar-refractivity contribution in [3.05, 3.63) is 22.9 Å². The van der Waals surface area contributed by atoms with E-state index in [-0.39, 0.29) is 17.6 Å². The first-order valence-corrected chi connectivity index (χ1v) is 10.6. The molecule has 1 rings (SSSR count). The zero-order valence-electron chi connectivity index (χ0n) is 14.2. The highest BCUT2D eigenvalue weighted by molar-refractivity contribution is 9.10. The van der Waals surface area contributed by atoms with Crippen LogP contribution in [0.2, 0.25) is 13.1 Å². The van der Waals surface area contributed by atoms with Crippen molar-refractivity contribution in [3.8, 4) is 0 Å². The maximum Gasteiger partial charge on any atom is 0.205 e. The van der Waals surface area contributed by atoms with Crippen LogP contribution in [-0.2, 0) is 4.43 Å². The van der Waals surface area contributed by atoms with Gasteiger partial charge in [-0.2, -0.15) is 0 Å². The largest absolute Gasteiger partial charge is 0.412 e. The fraction of sp³-hybridized carbons (Fsp3) is 0.688. The van der Waals surface area contributed by atoms with Crippen molar-refractivity contribution < 1.29 is 4.43 Å². The summed E-state index contributed by atoms with van der Waals surface area (Å²) >= 11 is 3.48. The minimum absolute atomic E-state index is 0.0866. The van der Waals surface area contributed by atoms with Crippen LogP contribution in [0.1, 0.15) is 34.6 Å². The molecule has 0 amide bonds. The molecule has 21 heavy (non-hydrogen) atoms. The molecular formula is C16H28BrN2OSi. The average molecular weight is 372 g/mol. The molecule has 0 spiro atoms. The molecular weight excluding hydrogens is 344 g/mol. The molecule has 1 aromatic rings. The number of hydrogen-bond acceptors (Lipinski definition) is 3. The third-order valence-electron chi connectivity index (χ3n) is 3.30. The van der Waals surface area contributed by atoms with Crippen molar-refractivity contribution in [3.63, 3.8) is 0 Å². The molecule has 1 unspecified atom stereocenters. The number of aromatic nitrogens is 1. The van der Waals surface area contributed by atoms with Crippen LogP contribution in [0, 0.1) is 11.3 Å². The van der Waals surface area contributed by atoms with Crippen LogP contribution < -0.4 is 5.32 Å². The summed E-state index contributed by atoms with van der Waals surface area (Å²) in [5.74, 6) is 0.467. The second-order valence-electron chi connectivity index (χ2n) is 7.12. The zero-order chi connectivity index (χ0) is 16.2. The molecule has 5 heteroatoms. The second-order valence-corrected chi connectivity index (χ2v) is 10.1. The quantitative estimate of drug-likeness (QED) is 0.717. The van der Waals surface area contributed by atoms with E-state index in [1.54, 1.807) is 6.20 Å². The lowest BCUT2D eigenvalue weighted by atomic mass is 9.81. The Bertz CT molecular complexity index is 446. The van der Waals surface area contributed by atoms with Gasteiger partial charge in [-0.3, -0.25) is 4.98 Å². The van der Waals surface area contributed by atoms with E-state index in [4.69, 9.17) is 4.43 Å². The fourth-order valence-corrected chi connectivity index (χ4v) is 3.69. The normalized spacial score (nSPS) is 15.3. The van der Waals surface area contributed by atoms with E-state index < -0.39 is 9.04 Å². The van der Waals surface area contributed by atoms with Crippen LogP contribution in [0.3, 0.4) is 0 Å². The highest BCUT2D eigenvalue weighted by Gasteiger charge is 2.35. The molecule has 0 aliphatic carbocycles. The Balaban J connectivity index is 3.02. The Labute approximate surface area is 139 Å². The molecule has 1 N–H and O–H groups in total. The van der Waals surface area contributed by atoms with Gasteiger partial charge in [0, 0.05) is 10.7 Å². The van der Waals surface area contributed by atoms with Crippen molar-refractivity contribution >= 4 is 30.7 Å². The van der Waals surface area contributed by atoms with Crippen LogP contribution >= 0.6 is 15.9 Å². The first-order chi connectivity index (χ1) is 9.61. The maximum absolute atomic E-state index is 6.35. The van der Waals surface area contributed by atoms with Gasteiger partial charge in [-0.25, -0.2) is 0 Å². The summed E-state index contributed by atoms with van der Waals surface area (Å²) in [6.07, 6.45) is 3.83. The van der Waals surface area contributed by atoms with E-state index >= 15 is 0 Å². The maximum atomic E-state index is 6.35. The molecule has 0 aliphatic rings. The van der Waals surface area contributed by atoms with Gasteiger partial charge in [0.05, 0.1) is 24.0 Å². The molecule has 0 fully saturated rings. The van der Waals surface area contributed by atoms with E-state index in [0.29, 0.717) is 5.92 Å². The lowest BCUT2D eigenvalue weighted by Crippen LogP contribution is -2.49. The SMILES string of the molecule is CC(C)[C@@H](Nc1cncc(Br)c1)C(O[Si](C)C)C(C)(C)C. The molecule has 0 saturated heterocycles. The molecule has 3 nitrogen and oxygen atoms in total. The molecule has 1 heterocycles. The first-order valence-electron chi connectivity index (χ1n) is 7.45. The Kier molecular flexibility index (Phi) is 6.88. The minimum atomic E-state index is -0.758. The molecule has 0 bridgehead atoms. The topological polar surface area (TPSA) is 34.2 Å². The van der Waals surface area contributed by atoms with Gasteiger partial charge in [-0.15, -0.1) is 0 Å². The number of rotatable bonds is 6. The molecule has 0 aromatic carbocycles. The van der Waals surface area contributed by atoms with Gasteiger partial charge in [0.25, 0.3) is 0 Å². The lowest BCUT2D eigenvalue weighted by molar-refractivity contribution is 0.0555. The van der Waals surface area contributed by atoms with E-state index in [9.17, 15) is 0 Å². The van der Waals surface area contributed by atoms with Gasteiger partial charge in [0.15, 0.2) is 0 Å². The predicted octanol–water partition coefficient (Wildman–Crippen LogP) is 4.96. The summed E-state index contributed by atoms with van der Waals surface area (Å²) in [7, 11) is -0.758. The van der Waals surface area contributed by atoms with Crippen LogP contribution in [0.25, 0.3) is 0 Å². The van der Waals surface area contributed by atoms with Gasteiger partial charge in [0.1, 0.15) is 0 Å². The van der Waals surface area contributed by atoms with E-state index in [0.717, 1.165) is 10.2 Å². The average Bonchev–Trinajstić information content (AvgIpc) is 2.31. The number of halogens is 1. The molecule has 2 atom stereocenters. The lowest BCUT2D eigenvalue weighted by Gasteiger charge is -2.41. The third-order valence-corrected chi connectivity index (χ3v) is 4.46. The number of nitrogens with one attached hydrogen (secondary N) is 1. The molecule has 119 valence electrons. The van der Waals surface area contributed by atoms with E-state index in [1.165, 1.54) is 0 Å². The van der Waals surface area contributed by atoms with Crippen LogP contribution in [0.15, 0.2) is 22.9 Å². The summed E-state index contributed by atoms with van der Waals surface area (Å²) < 4.78 is 7.33. The van der Waals surface area contributed by atoms with Crippen molar-refractivity contribution in [2.24, 2.45) is 11.3 Å². The van der Waals surface area contributed by atoms with Gasteiger partial charge >= 0.3 is 0 Å². The van der Waals surface area contributed by atoms with E-state index in [1.807, 2.05) is 6.20 Å². The highest BCUT2D eigenvalue weighted by atomic mass is 79.9. The summed E-state index contributed by atoms with van der Waals surface area (Å²) in [5.41, 5.74) is 1.12. The van der Waals surface area contributed by atoms with Crippen molar-refractivity contribution in [2.75, 3.05) is 5.32 Å². The van der Waals surface area contributed by atoms with E-state index in [2.05, 4.69) is 80.0 Å². The number of anilines is 1. The summed E-state index contributed by atoms with van der Waals surface area (Å²) in [4.78, 5) is 4.24. The summed E-state index contributed by atoms with van der Waals surface area (Å²) in [5, 5.41) is 3.63. The standard InChI is InChI=1S/C16H28BrN2OSi/c1-11(2)14(15(16(3,4)5)20-21(6)7)19-13-8-12(17)9-18-10-13/h8-11,14-15,19H,1-7H3/t14-,15?/m1/s1. The van der Waals surface area contributed by atoms with Crippen molar-refractivity contribution in [1.29, 1.82) is 0 Å². The number of hydrogen-bond donors (Lipinski definition) is 1. The smallest absolute Gasteiger partial charge is 0.205 e. The molecule has 0 aliphatic heterocycles. The number of pyridine rings is 1. The van der Waals surface area contributed by atoms with Gasteiger partial charge in [-0.1, -0.05) is 34.6 Å². The molecule has 1 aromatic heterocycles. The summed E-state index contributed by atoms with van der Waals surface area (Å²) in [6.45, 7) is 15.6. The van der Waals surface area contributed by atoms with Crippen LogP contribution in [0.4, 0.5) is 5.69 Å². The number of nitrogens with zero attached hydrogens (tertiary/aromatic N) is 1. The summed E-state index contributed by atoms with van der Waals surface area (Å²) in [6, 6.07) is 2.31.